The monoisotopic (exact) mass is 1280 g/mol. The van der Waals surface area contributed by atoms with Gasteiger partial charge in [-0.15, -0.1) is 0 Å². The van der Waals surface area contributed by atoms with E-state index in [1.54, 1.807) is 0 Å². The molecule has 0 aliphatic heterocycles. The van der Waals surface area contributed by atoms with E-state index < -0.39 is 0 Å². The Balaban J connectivity index is -0.0000000187. The Morgan fingerprint density at radius 3 is 0.341 bits per heavy atom. The molecule has 530 valence electrons. The van der Waals surface area contributed by atoms with Crippen LogP contribution in [0, 0.1) is 189 Å². The first-order valence-electron chi connectivity index (χ1n) is 32.6. The third kappa shape index (κ3) is 507. The number of benzene rings is 2. The molecule has 0 saturated carbocycles. The van der Waals surface area contributed by atoms with Crippen LogP contribution in [-0.4, -0.2) is 0 Å². The van der Waals surface area contributed by atoms with Crippen molar-refractivity contribution in [2.75, 3.05) is 0 Å². The van der Waals surface area contributed by atoms with E-state index in [9.17, 15) is 0 Å². The average molecular weight is 1280 g/mol. The van der Waals surface area contributed by atoms with E-state index in [4.69, 9.17) is 0 Å². The molecule has 0 spiro atoms. The third-order valence-electron chi connectivity index (χ3n) is 2.71. The Kier molecular flexibility index (Phi) is 271. The van der Waals surface area contributed by atoms with Crippen molar-refractivity contribution in [3.63, 3.8) is 0 Å². The van der Waals surface area contributed by atoms with Crippen LogP contribution in [0.15, 0.2) is 48.5 Å². The van der Waals surface area contributed by atoms with Crippen molar-refractivity contribution in [2.45, 2.75) is 409 Å². The SMILES string of the molecule is C.C.CC.CC.CC.CC.CC.CC.CC.CC.CC.CC.CC.CC.CC.CC.CC(C)(C)C.CC(C)(C)C.CC(C)(C)C.CC(C)(C)C.CC(C)(C)C.CC(C)(C)C.CC(C)(C)C.[Ar].[Ar].[Ar].[Ar].c1ccc2c(c1)Cc1ccccc1-2. The van der Waals surface area contributed by atoms with Crippen molar-refractivity contribution >= 4 is 0 Å². The molecule has 2 aromatic rings. The molecule has 0 bridgehead atoms. The number of fused-ring (bicyclic) bond motifs is 3. The average Bonchev–Trinajstić information content (AvgIpc) is 3.71. The van der Waals surface area contributed by atoms with Gasteiger partial charge in [0, 0.05) is 151 Å². The zero-order valence-electron chi connectivity index (χ0n) is 68.2. The molecule has 0 unspecified atom stereocenters. The number of rotatable bonds is 0. The molecule has 0 radical (unpaired) electrons. The van der Waals surface area contributed by atoms with Crippen molar-refractivity contribution in [2.24, 2.45) is 37.9 Å². The van der Waals surface area contributed by atoms with Gasteiger partial charge in [0.05, 0.1) is 0 Å². The van der Waals surface area contributed by atoms with Gasteiger partial charge in [0.2, 0.25) is 0 Å². The molecule has 82 heavy (non-hydrogen) atoms. The van der Waals surface area contributed by atoms with Gasteiger partial charge in [-0.3, -0.25) is 0 Å². The van der Waals surface area contributed by atoms with E-state index in [0.717, 1.165) is 6.42 Å². The molecule has 0 heterocycles. The quantitative estimate of drug-likeness (QED) is 0.210. The van der Waals surface area contributed by atoms with E-state index in [0.29, 0.717) is 37.9 Å². The third-order valence-corrected chi connectivity index (χ3v) is 2.71. The second-order valence-electron chi connectivity index (χ2n) is 24.5. The van der Waals surface area contributed by atoms with Gasteiger partial charge >= 0.3 is 0 Å². The summed E-state index contributed by atoms with van der Waals surface area (Å²) in [5.74, 6) is 0. The molecule has 0 amide bonds. The first-order chi connectivity index (χ1) is 34.4. The summed E-state index contributed by atoms with van der Waals surface area (Å²) in [6, 6.07) is 17.3. The topological polar surface area (TPSA) is 0 Å². The standard InChI is InChI=1S/C13H10.7C5H12.14C2H6.2CH4.4Ar/c1-3-7-12-10(5-1)9-11-6-2-4-8-13(11)12;7*1-5(2,3)4;14*1-2;;;;;;/h1-8H,9H2;7*1-4H3;14*1-2H3;2*1H4;;;;. The van der Waals surface area contributed by atoms with Crippen molar-refractivity contribution < 1.29 is 151 Å². The van der Waals surface area contributed by atoms with Crippen LogP contribution in [0.3, 0.4) is 0 Å². The Labute approximate surface area is 659 Å². The summed E-state index contributed by atoms with van der Waals surface area (Å²) in [7, 11) is 0. The smallest absolute Gasteiger partial charge is 0 e. The summed E-state index contributed by atoms with van der Waals surface area (Å²) in [5, 5.41) is 0. The van der Waals surface area contributed by atoms with E-state index >= 15 is 0 Å². The zero-order valence-corrected chi connectivity index (χ0v) is 71.1. The molecule has 1 aliphatic rings. The molecule has 0 aromatic heterocycles. The fraction of sp³-hybridized carbons (Fsp3) is 0.846. The molecular formula is C78H186Ar4. The molecule has 0 saturated heterocycles. The van der Waals surface area contributed by atoms with Gasteiger partial charge in [0.1, 0.15) is 0 Å². The molecule has 0 atom stereocenters. The molecule has 1 aliphatic carbocycles. The van der Waals surface area contributed by atoms with E-state index in [-0.39, 0.29) is 166 Å². The zero-order chi connectivity index (χ0) is 68.2. The maximum Gasteiger partial charge on any atom is 0 e. The Hall–Kier alpha value is 3.48. The maximum atomic E-state index is 2.22. The van der Waals surface area contributed by atoms with Crippen LogP contribution in [0.2, 0.25) is 0 Å². The van der Waals surface area contributed by atoms with Crippen LogP contribution in [0.4, 0.5) is 0 Å². The van der Waals surface area contributed by atoms with Crippen LogP contribution >= 0.6 is 0 Å². The van der Waals surface area contributed by atoms with Crippen molar-refractivity contribution in [1.82, 2.24) is 0 Å². The normalized spacial score (nSPS) is 8.10. The summed E-state index contributed by atoms with van der Waals surface area (Å²) in [6.45, 7) is 117. The summed E-state index contributed by atoms with van der Waals surface area (Å²) in [4.78, 5) is 0. The Morgan fingerprint density at radius 2 is 0.256 bits per heavy atom. The molecule has 0 N–H and O–H groups in total. The maximum absolute atomic E-state index is 2.22. The molecule has 0 fully saturated rings. The summed E-state index contributed by atoms with van der Waals surface area (Å²) in [5.41, 5.74) is 9.25. The summed E-state index contributed by atoms with van der Waals surface area (Å²) < 4.78 is 0. The van der Waals surface area contributed by atoms with Gasteiger partial charge in [-0.1, -0.05) is 451 Å². The second kappa shape index (κ2) is 133. The molecular weight excluding hydrogens is 1100 g/mol. The largest absolute Gasteiger partial charge is 0.0776 e. The summed E-state index contributed by atoms with van der Waals surface area (Å²) >= 11 is 0. The first-order valence-corrected chi connectivity index (χ1v) is 32.6. The van der Waals surface area contributed by atoms with Crippen LogP contribution in [-0.2, 0) is 6.42 Å². The van der Waals surface area contributed by atoms with Crippen molar-refractivity contribution in [3.8, 4) is 11.1 Å². The fourth-order valence-electron chi connectivity index (χ4n) is 2.08. The Bertz CT molecular complexity index is 834. The predicted octanol–water partition coefficient (Wildman–Crippen LogP) is 33.3. The van der Waals surface area contributed by atoms with Crippen LogP contribution < -0.4 is 0 Å². The van der Waals surface area contributed by atoms with Gasteiger partial charge < -0.3 is 0 Å². The van der Waals surface area contributed by atoms with Gasteiger partial charge in [-0.2, -0.15) is 0 Å². The van der Waals surface area contributed by atoms with Crippen LogP contribution in [0.1, 0.15) is 414 Å². The van der Waals surface area contributed by atoms with E-state index in [1.807, 2.05) is 194 Å². The van der Waals surface area contributed by atoms with E-state index in [1.165, 1.54) is 22.3 Å². The van der Waals surface area contributed by atoms with Crippen molar-refractivity contribution in [1.29, 1.82) is 0 Å². The predicted molar refractivity (Wildman–Crippen MR) is 403 cm³/mol. The van der Waals surface area contributed by atoms with E-state index in [2.05, 4.69) is 242 Å². The van der Waals surface area contributed by atoms with Crippen LogP contribution in [0.5, 0.6) is 0 Å². The molecule has 3 rings (SSSR count). The van der Waals surface area contributed by atoms with Gasteiger partial charge in [-0.25, -0.2) is 0 Å². The summed E-state index contributed by atoms with van der Waals surface area (Å²) in [6.07, 6.45) is 1.10. The van der Waals surface area contributed by atoms with Gasteiger partial charge in [0.25, 0.3) is 0 Å². The second-order valence-corrected chi connectivity index (χ2v) is 24.5. The van der Waals surface area contributed by atoms with Crippen molar-refractivity contribution in [3.05, 3.63) is 59.7 Å². The minimum absolute atomic E-state index is 0. The minimum Gasteiger partial charge on any atom is -0.0776 e. The van der Waals surface area contributed by atoms with Crippen LogP contribution in [0.25, 0.3) is 11.1 Å². The Morgan fingerprint density at radius 1 is 0.183 bits per heavy atom. The fourth-order valence-corrected chi connectivity index (χ4v) is 2.08. The number of hydrogen-bond acceptors (Lipinski definition) is 0. The van der Waals surface area contributed by atoms with Gasteiger partial charge in [-0.05, 0) is 66.6 Å². The molecule has 4 heteroatoms. The minimum atomic E-state index is 0. The molecule has 0 nitrogen and oxygen atoms in total. The first kappa shape index (κ1) is 167. The molecule has 2 aromatic carbocycles. The number of hydrogen-bond donors (Lipinski definition) is 0. The van der Waals surface area contributed by atoms with Gasteiger partial charge in [0.15, 0.2) is 0 Å².